The standard InChI is InChI=1S/C18H19ClFN3O2/c1-23(12-18(25)22-15-7-4-6-14(20)9-15)11-17(24)21-10-13-5-2-3-8-16(13)19/h2-9H,10-12H2,1H3,(H,21,24)(H,22,25)/p+1. The summed E-state index contributed by atoms with van der Waals surface area (Å²) in [5, 5.41) is 5.97. The van der Waals surface area contributed by atoms with Gasteiger partial charge in [-0.15, -0.1) is 0 Å². The van der Waals surface area contributed by atoms with Gasteiger partial charge in [0.25, 0.3) is 11.8 Å². The fraction of sp³-hybridized carbons (Fsp3) is 0.222. The Morgan fingerprint density at radius 2 is 1.80 bits per heavy atom. The predicted molar refractivity (Wildman–Crippen MR) is 94.9 cm³/mol. The van der Waals surface area contributed by atoms with Gasteiger partial charge >= 0.3 is 0 Å². The molecule has 0 saturated heterocycles. The minimum atomic E-state index is -0.419. The van der Waals surface area contributed by atoms with Gasteiger partial charge in [-0.1, -0.05) is 35.9 Å². The molecule has 0 aliphatic heterocycles. The fourth-order valence-corrected chi connectivity index (χ4v) is 2.48. The molecule has 132 valence electrons. The second-order valence-electron chi connectivity index (χ2n) is 5.74. The number of nitrogens with one attached hydrogen (secondary N) is 3. The minimum Gasteiger partial charge on any atom is -0.347 e. The van der Waals surface area contributed by atoms with Crippen LogP contribution in [0.25, 0.3) is 0 Å². The lowest BCUT2D eigenvalue weighted by molar-refractivity contribution is -0.862. The van der Waals surface area contributed by atoms with Crippen molar-refractivity contribution in [3.8, 4) is 0 Å². The Kier molecular flexibility index (Phi) is 6.91. The minimum absolute atomic E-state index is 0.0933. The molecule has 0 radical (unpaired) electrons. The Morgan fingerprint density at radius 3 is 2.52 bits per heavy atom. The number of carbonyl (C=O) groups is 2. The summed E-state index contributed by atoms with van der Waals surface area (Å²) in [5.41, 5.74) is 1.22. The highest BCUT2D eigenvalue weighted by Crippen LogP contribution is 2.14. The monoisotopic (exact) mass is 364 g/mol. The molecule has 0 saturated carbocycles. The molecule has 1 atom stereocenters. The Bertz CT molecular complexity index is 755. The molecular weight excluding hydrogens is 345 g/mol. The number of amides is 2. The van der Waals surface area contributed by atoms with Gasteiger partial charge < -0.3 is 15.5 Å². The van der Waals surface area contributed by atoms with Gasteiger partial charge in [0.15, 0.2) is 13.1 Å². The first-order chi connectivity index (χ1) is 11.9. The van der Waals surface area contributed by atoms with E-state index in [0.717, 1.165) is 5.56 Å². The Balaban J connectivity index is 1.75. The van der Waals surface area contributed by atoms with Crippen LogP contribution in [0.4, 0.5) is 10.1 Å². The van der Waals surface area contributed by atoms with E-state index in [9.17, 15) is 14.0 Å². The van der Waals surface area contributed by atoms with Crippen molar-refractivity contribution < 1.29 is 18.9 Å². The van der Waals surface area contributed by atoms with Crippen LogP contribution in [-0.2, 0) is 16.1 Å². The molecule has 0 aliphatic carbocycles. The average molecular weight is 365 g/mol. The summed E-state index contributed by atoms with van der Waals surface area (Å²) in [7, 11) is 1.74. The van der Waals surface area contributed by atoms with Crippen LogP contribution in [-0.4, -0.2) is 32.0 Å². The Morgan fingerprint density at radius 1 is 1.08 bits per heavy atom. The van der Waals surface area contributed by atoms with Gasteiger partial charge in [0.05, 0.1) is 7.05 Å². The number of likely N-dealkylation sites (N-methyl/N-ethyl adjacent to an activating group) is 1. The van der Waals surface area contributed by atoms with Crippen LogP contribution in [0.5, 0.6) is 0 Å². The van der Waals surface area contributed by atoms with E-state index in [1.807, 2.05) is 18.2 Å². The molecule has 7 heteroatoms. The zero-order chi connectivity index (χ0) is 18.2. The first kappa shape index (κ1) is 18.9. The first-order valence-corrected chi connectivity index (χ1v) is 8.18. The third kappa shape index (κ3) is 6.52. The largest absolute Gasteiger partial charge is 0.347 e. The van der Waals surface area contributed by atoms with E-state index in [2.05, 4.69) is 10.6 Å². The molecule has 25 heavy (non-hydrogen) atoms. The number of benzene rings is 2. The van der Waals surface area contributed by atoms with Gasteiger partial charge in [-0.2, -0.15) is 0 Å². The van der Waals surface area contributed by atoms with E-state index in [1.54, 1.807) is 19.2 Å². The Hall–Kier alpha value is -2.44. The van der Waals surface area contributed by atoms with Crippen LogP contribution in [0, 0.1) is 5.82 Å². The molecule has 2 amide bonds. The van der Waals surface area contributed by atoms with Crippen molar-refractivity contribution in [2.24, 2.45) is 0 Å². The fourth-order valence-electron chi connectivity index (χ4n) is 2.28. The molecule has 3 N–H and O–H groups in total. The summed E-state index contributed by atoms with van der Waals surface area (Å²) >= 11 is 6.03. The van der Waals surface area contributed by atoms with Crippen molar-refractivity contribution in [3.63, 3.8) is 0 Å². The number of quaternary nitrogens is 1. The van der Waals surface area contributed by atoms with Crippen molar-refractivity contribution in [2.45, 2.75) is 6.54 Å². The highest BCUT2D eigenvalue weighted by atomic mass is 35.5. The summed E-state index contributed by atoms with van der Waals surface area (Å²) in [6.45, 7) is 0.568. The predicted octanol–water partition coefficient (Wildman–Crippen LogP) is 1.25. The van der Waals surface area contributed by atoms with Crippen LogP contribution in [0.3, 0.4) is 0 Å². The van der Waals surface area contributed by atoms with Crippen LogP contribution in [0.1, 0.15) is 5.56 Å². The van der Waals surface area contributed by atoms with Crippen molar-refractivity contribution in [2.75, 3.05) is 25.5 Å². The number of halogens is 2. The van der Waals surface area contributed by atoms with E-state index < -0.39 is 5.82 Å². The molecule has 0 aromatic heterocycles. The molecule has 5 nitrogen and oxygen atoms in total. The lowest BCUT2D eigenvalue weighted by Gasteiger charge is -2.14. The lowest BCUT2D eigenvalue weighted by atomic mass is 10.2. The molecule has 0 bridgehead atoms. The highest BCUT2D eigenvalue weighted by molar-refractivity contribution is 6.31. The van der Waals surface area contributed by atoms with Gasteiger partial charge in [-0.05, 0) is 29.8 Å². The van der Waals surface area contributed by atoms with E-state index in [4.69, 9.17) is 11.6 Å². The number of hydrogen-bond acceptors (Lipinski definition) is 2. The van der Waals surface area contributed by atoms with Gasteiger partial charge in [0.2, 0.25) is 0 Å². The number of anilines is 1. The summed E-state index contributed by atoms with van der Waals surface area (Å²) in [6, 6.07) is 12.9. The van der Waals surface area contributed by atoms with Gasteiger partial charge in [0.1, 0.15) is 5.82 Å². The maximum atomic E-state index is 13.1. The van der Waals surface area contributed by atoms with Crippen LogP contribution < -0.4 is 15.5 Å². The van der Waals surface area contributed by atoms with E-state index in [-0.39, 0.29) is 24.9 Å². The van der Waals surface area contributed by atoms with Crippen molar-refractivity contribution in [1.82, 2.24) is 5.32 Å². The number of hydrogen-bond donors (Lipinski definition) is 3. The Labute approximate surface area is 150 Å². The summed E-state index contributed by atoms with van der Waals surface area (Å²) in [4.78, 5) is 24.6. The first-order valence-electron chi connectivity index (χ1n) is 7.81. The smallest absolute Gasteiger partial charge is 0.279 e. The van der Waals surface area contributed by atoms with Gasteiger partial charge in [-0.25, -0.2) is 4.39 Å². The molecule has 0 spiro atoms. The van der Waals surface area contributed by atoms with Crippen molar-refractivity contribution in [3.05, 3.63) is 64.9 Å². The average Bonchev–Trinajstić information content (AvgIpc) is 2.53. The van der Waals surface area contributed by atoms with Crippen molar-refractivity contribution >= 4 is 29.1 Å². The zero-order valence-electron chi connectivity index (χ0n) is 13.8. The van der Waals surface area contributed by atoms with Crippen LogP contribution in [0.15, 0.2) is 48.5 Å². The molecule has 1 unspecified atom stereocenters. The van der Waals surface area contributed by atoms with Crippen LogP contribution in [0.2, 0.25) is 5.02 Å². The molecule has 0 heterocycles. The molecule has 0 aliphatic rings. The summed E-state index contributed by atoms with van der Waals surface area (Å²) in [5.74, 6) is -0.893. The maximum absolute atomic E-state index is 13.1. The van der Waals surface area contributed by atoms with E-state index in [1.165, 1.54) is 18.2 Å². The normalized spacial score (nSPS) is 11.6. The second kappa shape index (κ2) is 9.15. The van der Waals surface area contributed by atoms with E-state index in [0.29, 0.717) is 22.2 Å². The quantitative estimate of drug-likeness (QED) is 0.692. The summed E-state index contributed by atoms with van der Waals surface area (Å²) in [6.07, 6.45) is 0. The SMILES string of the molecule is C[NH+](CC(=O)NCc1ccccc1Cl)CC(=O)Nc1cccc(F)c1. The molecule has 0 fully saturated rings. The molecule has 2 aromatic carbocycles. The third-order valence-corrected chi connectivity index (χ3v) is 3.84. The number of rotatable bonds is 7. The molecule has 2 rings (SSSR count). The van der Waals surface area contributed by atoms with E-state index >= 15 is 0 Å². The lowest BCUT2D eigenvalue weighted by Crippen LogP contribution is -3.11. The number of carbonyl (C=O) groups excluding carboxylic acids is 2. The third-order valence-electron chi connectivity index (χ3n) is 3.47. The highest BCUT2D eigenvalue weighted by Gasteiger charge is 2.14. The molecule has 2 aromatic rings. The second-order valence-corrected chi connectivity index (χ2v) is 6.14. The topological polar surface area (TPSA) is 62.6 Å². The summed E-state index contributed by atoms with van der Waals surface area (Å²) < 4.78 is 13.1. The molecular formula is C18H20ClFN3O2+. The van der Waals surface area contributed by atoms with Crippen molar-refractivity contribution in [1.29, 1.82) is 0 Å². The zero-order valence-corrected chi connectivity index (χ0v) is 14.6. The van der Waals surface area contributed by atoms with Gasteiger partial charge in [0, 0.05) is 17.3 Å². The maximum Gasteiger partial charge on any atom is 0.279 e. The van der Waals surface area contributed by atoms with Gasteiger partial charge in [-0.3, -0.25) is 9.59 Å². The van der Waals surface area contributed by atoms with Crippen LogP contribution >= 0.6 is 11.6 Å².